The Bertz CT molecular complexity index is 616. The minimum absolute atomic E-state index is 0.00240. The van der Waals surface area contributed by atoms with Gasteiger partial charge in [-0.15, -0.1) is 0 Å². The molecule has 0 radical (unpaired) electrons. The van der Waals surface area contributed by atoms with E-state index >= 15 is 0 Å². The van der Waals surface area contributed by atoms with Crippen LogP contribution in [-0.4, -0.2) is 16.1 Å². The molecule has 1 aromatic carbocycles. The van der Waals surface area contributed by atoms with Gasteiger partial charge in [0.1, 0.15) is 0 Å². The molecule has 0 bridgehead atoms. The second-order valence-corrected chi connectivity index (χ2v) is 4.48. The third-order valence-electron chi connectivity index (χ3n) is 3.05. The normalized spacial score (nSPS) is 13.7. The third-order valence-corrected chi connectivity index (χ3v) is 3.05. The summed E-state index contributed by atoms with van der Waals surface area (Å²) in [6.07, 6.45) is -2.80. The SMILES string of the molecule is CC(Cc1c[nH]c2c(C(F)(F)F)cccc12)C(=O)O. The zero-order chi connectivity index (χ0) is 14.2. The van der Waals surface area contributed by atoms with E-state index in [-0.39, 0.29) is 11.9 Å². The molecule has 0 aliphatic rings. The van der Waals surface area contributed by atoms with E-state index in [1.807, 2.05) is 0 Å². The quantitative estimate of drug-likeness (QED) is 0.898. The number of aromatic nitrogens is 1. The maximum absolute atomic E-state index is 12.8. The van der Waals surface area contributed by atoms with E-state index in [0.717, 1.165) is 6.07 Å². The van der Waals surface area contributed by atoms with Crippen molar-refractivity contribution >= 4 is 16.9 Å². The second-order valence-electron chi connectivity index (χ2n) is 4.48. The Morgan fingerprint density at radius 2 is 2.11 bits per heavy atom. The molecule has 1 heterocycles. The van der Waals surface area contributed by atoms with Crippen LogP contribution >= 0.6 is 0 Å². The van der Waals surface area contributed by atoms with E-state index in [0.29, 0.717) is 10.9 Å². The van der Waals surface area contributed by atoms with E-state index in [9.17, 15) is 18.0 Å². The molecule has 1 atom stereocenters. The number of benzene rings is 1. The predicted octanol–water partition coefficient (Wildman–Crippen LogP) is 3.45. The average molecular weight is 271 g/mol. The number of carboxylic acids is 1. The highest BCUT2D eigenvalue weighted by molar-refractivity contribution is 5.87. The van der Waals surface area contributed by atoms with Crippen molar-refractivity contribution < 1.29 is 23.1 Å². The molecule has 19 heavy (non-hydrogen) atoms. The van der Waals surface area contributed by atoms with Crippen LogP contribution in [0.1, 0.15) is 18.1 Å². The Balaban J connectivity index is 2.47. The van der Waals surface area contributed by atoms with Gasteiger partial charge in [-0.1, -0.05) is 19.1 Å². The van der Waals surface area contributed by atoms with Crippen LogP contribution in [0.15, 0.2) is 24.4 Å². The summed E-state index contributed by atoms with van der Waals surface area (Å²) in [5.74, 6) is -1.62. The summed E-state index contributed by atoms with van der Waals surface area (Å²) in [5.41, 5.74) is -0.155. The van der Waals surface area contributed by atoms with Crippen LogP contribution in [0.4, 0.5) is 13.2 Å². The van der Waals surface area contributed by atoms with Crippen molar-refractivity contribution in [1.29, 1.82) is 0 Å². The van der Waals surface area contributed by atoms with Gasteiger partial charge in [-0.2, -0.15) is 13.2 Å². The van der Waals surface area contributed by atoms with Gasteiger partial charge in [0.25, 0.3) is 0 Å². The van der Waals surface area contributed by atoms with Gasteiger partial charge in [-0.3, -0.25) is 4.79 Å². The molecular formula is C13H12F3NO2. The topological polar surface area (TPSA) is 53.1 Å². The number of H-pyrrole nitrogens is 1. The maximum atomic E-state index is 12.8. The first-order chi connectivity index (χ1) is 8.80. The van der Waals surface area contributed by atoms with Crippen LogP contribution in [0.3, 0.4) is 0 Å². The van der Waals surface area contributed by atoms with E-state index in [4.69, 9.17) is 5.11 Å². The van der Waals surface area contributed by atoms with Gasteiger partial charge in [0.05, 0.1) is 17.0 Å². The minimum atomic E-state index is -4.43. The lowest BCUT2D eigenvalue weighted by atomic mass is 10.00. The number of carboxylic acid groups (broad SMARTS) is 1. The number of alkyl halides is 3. The van der Waals surface area contributed by atoms with Crippen molar-refractivity contribution in [3.05, 3.63) is 35.5 Å². The highest BCUT2D eigenvalue weighted by Gasteiger charge is 2.33. The Kier molecular flexibility index (Phi) is 3.26. The molecule has 2 N–H and O–H groups in total. The first-order valence-electron chi connectivity index (χ1n) is 5.69. The van der Waals surface area contributed by atoms with Crippen LogP contribution < -0.4 is 0 Å². The lowest BCUT2D eigenvalue weighted by Gasteiger charge is -2.08. The molecule has 1 unspecified atom stereocenters. The van der Waals surface area contributed by atoms with Crippen LogP contribution in [0.25, 0.3) is 10.9 Å². The zero-order valence-electron chi connectivity index (χ0n) is 10.1. The van der Waals surface area contributed by atoms with Crippen LogP contribution in [-0.2, 0) is 17.4 Å². The number of hydrogen-bond acceptors (Lipinski definition) is 1. The molecule has 3 nitrogen and oxygen atoms in total. The van der Waals surface area contributed by atoms with Crippen LogP contribution in [0.2, 0.25) is 0 Å². The largest absolute Gasteiger partial charge is 0.481 e. The van der Waals surface area contributed by atoms with Gasteiger partial charge in [0.2, 0.25) is 0 Å². The van der Waals surface area contributed by atoms with E-state index in [1.54, 1.807) is 6.07 Å². The molecule has 0 fully saturated rings. The molecule has 0 aliphatic heterocycles. The van der Waals surface area contributed by atoms with Gasteiger partial charge in [0.15, 0.2) is 0 Å². The molecule has 6 heteroatoms. The number of hydrogen-bond donors (Lipinski definition) is 2. The number of para-hydroxylation sites is 1. The third kappa shape index (κ3) is 2.57. The van der Waals surface area contributed by atoms with Gasteiger partial charge in [-0.25, -0.2) is 0 Å². The van der Waals surface area contributed by atoms with Crippen molar-refractivity contribution in [2.75, 3.05) is 0 Å². The van der Waals surface area contributed by atoms with E-state index < -0.39 is 23.6 Å². The molecule has 2 rings (SSSR count). The number of aliphatic carboxylic acids is 1. The lowest BCUT2D eigenvalue weighted by Crippen LogP contribution is -2.12. The number of carbonyl (C=O) groups is 1. The molecular weight excluding hydrogens is 259 g/mol. The fourth-order valence-electron chi connectivity index (χ4n) is 2.03. The summed E-state index contributed by atoms with van der Waals surface area (Å²) in [7, 11) is 0. The number of rotatable bonds is 3. The first-order valence-corrected chi connectivity index (χ1v) is 5.69. The van der Waals surface area contributed by atoms with E-state index in [2.05, 4.69) is 4.98 Å². The second kappa shape index (κ2) is 4.60. The Morgan fingerprint density at radius 3 is 2.68 bits per heavy atom. The maximum Gasteiger partial charge on any atom is 0.418 e. The summed E-state index contributed by atoms with van der Waals surface area (Å²) in [6, 6.07) is 3.89. The molecule has 0 spiro atoms. The minimum Gasteiger partial charge on any atom is -0.481 e. The standard InChI is InChI=1S/C13H12F3NO2/c1-7(12(18)19)5-8-6-17-11-9(8)3-2-4-10(11)13(14,15)16/h2-4,6-7,17H,5H2,1H3,(H,18,19). The first kappa shape index (κ1) is 13.5. The van der Waals surface area contributed by atoms with Gasteiger partial charge >= 0.3 is 12.1 Å². The van der Waals surface area contributed by atoms with Gasteiger partial charge in [0, 0.05) is 11.6 Å². The smallest absolute Gasteiger partial charge is 0.418 e. The summed E-state index contributed by atoms with van der Waals surface area (Å²) < 4.78 is 38.4. The Labute approximate surface area is 107 Å². The van der Waals surface area contributed by atoms with Crippen LogP contribution in [0, 0.1) is 5.92 Å². The number of nitrogens with one attached hydrogen (secondary N) is 1. The summed E-state index contributed by atoms with van der Waals surface area (Å²) in [5, 5.41) is 9.27. The predicted molar refractivity (Wildman–Crippen MR) is 63.8 cm³/mol. The van der Waals surface area contributed by atoms with Crippen molar-refractivity contribution in [3.63, 3.8) is 0 Å². The Morgan fingerprint density at radius 1 is 1.42 bits per heavy atom. The monoisotopic (exact) mass is 271 g/mol. The van der Waals surface area contributed by atoms with Gasteiger partial charge in [-0.05, 0) is 18.1 Å². The highest BCUT2D eigenvalue weighted by Crippen LogP contribution is 2.35. The fourth-order valence-corrected chi connectivity index (χ4v) is 2.03. The average Bonchev–Trinajstić information content (AvgIpc) is 2.71. The molecule has 0 saturated heterocycles. The molecule has 102 valence electrons. The van der Waals surface area contributed by atoms with Crippen LogP contribution in [0.5, 0.6) is 0 Å². The summed E-state index contributed by atoms with van der Waals surface area (Å²) in [6.45, 7) is 1.52. The molecule has 2 aromatic rings. The molecule has 0 amide bonds. The number of halogens is 3. The van der Waals surface area contributed by atoms with E-state index in [1.165, 1.54) is 19.2 Å². The molecule has 0 aliphatic carbocycles. The molecule has 0 saturated carbocycles. The van der Waals surface area contributed by atoms with Gasteiger partial charge < -0.3 is 10.1 Å². The Hall–Kier alpha value is -1.98. The summed E-state index contributed by atoms with van der Waals surface area (Å²) >= 11 is 0. The highest BCUT2D eigenvalue weighted by atomic mass is 19.4. The zero-order valence-corrected chi connectivity index (χ0v) is 10.1. The van der Waals surface area contributed by atoms with Crippen molar-refractivity contribution in [2.45, 2.75) is 19.5 Å². The number of aromatic amines is 1. The van der Waals surface area contributed by atoms with Crippen molar-refractivity contribution in [1.82, 2.24) is 4.98 Å². The summed E-state index contributed by atoms with van der Waals surface area (Å²) in [4.78, 5) is 13.4. The molecule has 1 aromatic heterocycles. The number of fused-ring (bicyclic) bond motifs is 1. The lowest BCUT2D eigenvalue weighted by molar-refractivity contribution is -0.141. The van der Waals surface area contributed by atoms with Crippen molar-refractivity contribution in [2.24, 2.45) is 5.92 Å². The fraction of sp³-hybridized carbons (Fsp3) is 0.308. The van der Waals surface area contributed by atoms with Crippen molar-refractivity contribution in [3.8, 4) is 0 Å².